The fourth-order valence-electron chi connectivity index (χ4n) is 3.41. The number of hydrogen-bond donors (Lipinski definition) is 1. The molecule has 1 aliphatic heterocycles. The van der Waals surface area contributed by atoms with Crippen LogP contribution in [0.2, 0.25) is 0 Å². The van der Waals surface area contributed by atoms with Gasteiger partial charge in [0.05, 0.1) is 32.4 Å². The highest BCUT2D eigenvalue weighted by Gasteiger charge is 2.24. The minimum atomic E-state index is -0.0292. The first-order valence-corrected chi connectivity index (χ1v) is 9.58. The van der Waals surface area contributed by atoms with Crippen molar-refractivity contribution in [1.82, 2.24) is 10.2 Å². The number of likely N-dealkylation sites (tertiary alicyclic amines) is 1. The zero-order chi connectivity index (χ0) is 18.9. The third-order valence-electron chi connectivity index (χ3n) is 4.85. The van der Waals surface area contributed by atoms with E-state index in [1.807, 2.05) is 36.4 Å². The van der Waals surface area contributed by atoms with E-state index in [1.165, 1.54) is 19.3 Å². The van der Waals surface area contributed by atoms with Crippen molar-refractivity contribution in [3.05, 3.63) is 48.4 Å². The van der Waals surface area contributed by atoms with Crippen molar-refractivity contribution in [3.63, 3.8) is 0 Å². The quantitative estimate of drug-likeness (QED) is 0.731. The van der Waals surface area contributed by atoms with E-state index < -0.39 is 0 Å². The fraction of sp³-hybridized carbons (Fsp3) is 0.476. The number of amides is 1. The average molecular weight is 372 g/mol. The van der Waals surface area contributed by atoms with E-state index in [2.05, 4.69) is 10.2 Å². The number of carbonyl (C=O) groups is 1. The lowest BCUT2D eigenvalue weighted by Gasteiger charge is -2.33. The number of hydrogen-bond acceptors (Lipinski definition) is 5. The number of furan rings is 1. The molecule has 0 radical (unpaired) electrons. The molecule has 1 unspecified atom stereocenters. The van der Waals surface area contributed by atoms with Crippen molar-refractivity contribution in [2.75, 3.05) is 33.4 Å². The van der Waals surface area contributed by atoms with Crippen molar-refractivity contribution in [3.8, 4) is 11.5 Å². The van der Waals surface area contributed by atoms with Gasteiger partial charge >= 0.3 is 0 Å². The molecule has 146 valence electrons. The number of rotatable bonds is 9. The van der Waals surface area contributed by atoms with E-state index in [4.69, 9.17) is 13.9 Å². The second-order valence-corrected chi connectivity index (χ2v) is 6.68. The summed E-state index contributed by atoms with van der Waals surface area (Å²) in [7, 11) is 1.60. The van der Waals surface area contributed by atoms with Gasteiger partial charge in [0, 0.05) is 6.54 Å². The van der Waals surface area contributed by atoms with Crippen LogP contribution >= 0.6 is 0 Å². The van der Waals surface area contributed by atoms with Gasteiger partial charge in [-0.25, -0.2) is 0 Å². The Labute approximate surface area is 160 Å². The van der Waals surface area contributed by atoms with E-state index in [1.54, 1.807) is 13.4 Å². The fourth-order valence-corrected chi connectivity index (χ4v) is 3.41. The molecule has 0 aliphatic carbocycles. The van der Waals surface area contributed by atoms with Gasteiger partial charge in [-0.2, -0.15) is 0 Å². The number of benzene rings is 1. The maximum atomic E-state index is 12.3. The minimum absolute atomic E-state index is 0.0292. The van der Waals surface area contributed by atoms with Crippen LogP contribution in [0.4, 0.5) is 0 Å². The van der Waals surface area contributed by atoms with Gasteiger partial charge in [-0.15, -0.1) is 0 Å². The zero-order valence-electron chi connectivity index (χ0n) is 15.9. The zero-order valence-corrected chi connectivity index (χ0v) is 15.9. The van der Waals surface area contributed by atoms with E-state index in [0.717, 1.165) is 18.8 Å². The Kier molecular flexibility index (Phi) is 7.16. The molecule has 2 aromatic rings. The molecule has 0 spiro atoms. The molecule has 6 heteroatoms. The number of carbonyl (C=O) groups excluding carboxylic acids is 1. The molecular weight excluding hydrogens is 344 g/mol. The van der Waals surface area contributed by atoms with Crippen molar-refractivity contribution < 1.29 is 18.7 Å². The van der Waals surface area contributed by atoms with Gasteiger partial charge in [-0.3, -0.25) is 9.69 Å². The van der Waals surface area contributed by atoms with Crippen LogP contribution < -0.4 is 14.8 Å². The number of methoxy groups -OCH3 is 1. The first-order valence-electron chi connectivity index (χ1n) is 9.58. The highest BCUT2D eigenvalue weighted by atomic mass is 16.5. The second kappa shape index (κ2) is 10.0. The summed E-state index contributed by atoms with van der Waals surface area (Å²) in [5.41, 5.74) is 0. The van der Waals surface area contributed by atoms with Crippen LogP contribution in [0.25, 0.3) is 0 Å². The van der Waals surface area contributed by atoms with Gasteiger partial charge in [0.25, 0.3) is 0 Å². The molecule has 2 heterocycles. The summed E-state index contributed by atoms with van der Waals surface area (Å²) in [4.78, 5) is 14.7. The summed E-state index contributed by atoms with van der Waals surface area (Å²) in [5, 5.41) is 3.03. The lowest BCUT2D eigenvalue weighted by Crippen LogP contribution is -2.40. The van der Waals surface area contributed by atoms with Crippen LogP contribution in [0.15, 0.2) is 47.1 Å². The molecule has 6 nitrogen and oxygen atoms in total. The molecule has 0 saturated carbocycles. The highest BCUT2D eigenvalue weighted by Crippen LogP contribution is 2.26. The van der Waals surface area contributed by atoms with Crippen LogP contribution in [0.5, 0.6) is 11.5 Å². The molecule has 1 fully saturated rings. The Morgan fingerprint density at radius 3 is 2.63 bits per heavy atom. The Morgan fingerprint density at radius 2 is 1.93 bits per heavy atom. The monoisotopic (exact) mass is 372 g/mol. The van der Waals surface area contributed by atoms with Crippen LogP contribution in [0.3, 0.4) is 0 Å². The number of nitrogens with zero attached hydrogens (tertiary/aromatic N) is 1. The van der Waals surface area contributed by atoms with Crippen LogP contribution in [0.1, 0.15) is 37.5 Å². The Morgan fingerprint density at radius 1 is 1.15 bits per heavy atom. The van der Waals surface area contributed by atoms with E-state index in [-0.39, 0.29) is 11.9 Å². The Bertz CT molecular complexity index is 696. The third-order valence-corrected chi connectivity index (χ3v) is 4.85. The van der Waals surface area contributed by atoms with Gasteiger partial charge in [-0.05, 0) is 50.2 Å². The summed E-state index contributed by atoms with van der Waals surface area (Å²) >= 11 is 0. The Balaban J connectivity index is 1.47. The van der Waals surface area contributed by atoms with Gasteiger partial charge in [0.15, 0.2) is 11.5 Å². The minimum Gasteiger partial charge on any atom is -0.493 e. The molecule has 3 rings (SSSR count). The van der Waals surface area contributed by atoms with Crippen LogP contribution in [-0.4, -0.2) is 44.2 Å². The van der Waals surface area contributed by atoms with E-state index in [0.29, 0.717) is 31.1 Å². The number of piperidine rings is 1. The number of nitrogens with one attached hydrogen (secondary N) is 1. The van der Waals surface area contributed by atoms with Gasteiger partial charge in [0.2, 0.25) is 5.91 Å². The lowest BCUT2D eigenvalue weighted by molar-refractivity contribution is -0.121. The molecule has 1 atom stereocenters. The average Bonchev–Trinajstić information content (AvgIpc) is 3.24. The topological polar surface area (TPSA) is 63.9 Å². The Hall–Kier alpha value is -2.47. The van der Waals surface area contributed by atoms with Crippen molar-refractivity contribution in [2.45, 2.75) is 31.7 Å². The second-order valence-electron chi connectivity index (χ2n) is 6.68. The van der Waals surface area contributed by atoms with Crippen molar-refractivity contribution >= 4 is 5.91 Å². The maximum absolute atomic E-state index is 12.3. The molecular formula is C21H28N2O4. The molecule has 1 saturated heterocycles. The molecule has 1 amide bonds. The smallest absolute Gasteiger partial charge is 0.223 e. The first-order chi connectivity index (χ1) is 13.3. The van der Waals surface area contributed by atoms with E-state index >= 15 is 0 Å². The largest absolute Gasteiger partial charge is 0.493 e. The molecule has 0 bridgehead atoms. The molecule has 27 heavy (non-hydrogen) atoms. The van der Waals surface area contributed by atoms with Crippen LogP contribution in [-0.2, 0) is 4.79 Å². The lowest BCUT2D eigenvalue weighted by atomic mass is 10.1. The summed E-state index contributed by atoms with van der Waals surface area (Å²) in [6, 6.07) is 11.4. The number of para-hydroxylation sites is 2. The van der Waals surface area contributed by atoms with Crippen molar-refractivity contribution in [1.29, 1.82) is 0 Å². The predicted molar refractivity (Wildman–Crippen MR) is 103 cm³/mol. The molecule has 1 aromatic carbocycles. The summed E-state index contributed by atoms with van der Waals surface area (Å²) in [6.45, 7) is 2.93. The summed E-state index contributed by atoms with van der Waals surface area (Å²) < 4.78 is 16.5. The first kappa shape index (κ1) is 19.3. The predicted octanol–water partition coefficient (Wildman–Crippen LogP) is 3.40. The normalized spacial score (nSPS) is 15.9. The van der Waals surface area contributed by atoms with Gasteiger partial charge < -0.3 is 19.2 Å². The van der Waals surface area contributed by atoms with Gasteiger partial charge in [-0.1, -0.05) is 18.6 Å². The third kappa shape index (κ3) is 5.50. The highest BCUT2D eigenvalue weighted by molar-refractivity contribution is 5.76. The molecule has 1 aromatic heterocycles. The standard InChI is InChI=1S/C21H28N2O4/c1-25-19-8-3-4-9-20(19)27-15-11-21(24)22-16-17(18-10-7-14-26-18)23-12-5-2-6-13-23/h3-4,7-10,14,17H,2,5-6,11-13,15-16H2,1H3,(H,22,24). The number of ether oxygens (including phenoxy) is 2. The van der Waals surface area contributed by atoms with Gasteiger partial charge in [0.1, 0.15) is 5.76 Å². The summed E-state index contributed by atoms with van der Waals surface area (Å²) in [5.74, 6) is 2.19. The van der Waals surface area contributed by atoms with Crippen LogP contribution in [0, 0.1) is 0 Å². The van der Waals surface area contributed by atoms with E-state index in [9.17, 15) is 4.79 Å². The summed E-state index contributed by atoms with van der Waals surface area (Å²) in [6.07, 6.45) is 5.64. The maximum Gasteiger partial charge on any atom is 0.223 e. The molecule has 1 aliphatic rings. The molecule has 1 N–H and O–H groups in total. The SMILES string of the molecule is COc1ccccc1OCCC(=O)NCC(c1ccco1)N1CCCCC1. The van der Waals surface area contributed by atoms with Crippen molar-refractivity contribution in [2.24, 2.45) is 0 Å².